The lowest BCUT2D eigenvalue weighted by Crippen LogP contribution is -2.38. The van der Waals surface area contributed by atoms with Crippen LogP contribution in [0.5, 0.6) is 0 Å². The lowest BCUT2D eigenvalue weighted by Gasteiger charge is -2.23. The van der Waals surface area contributed by atoms with Crippen molar-refractivity contribution < 1.29 is 18.9 Å². The maximum Gasteiger partial charge on any atom is 0.274 e. The van der Waals surface area contributed by atoms with Gasteiger partial charge >= 0.3 is 0 Å². The Bertz CT molecular complexity index is 3060. The van der Waals surface area contributed by atoms with Gasteiger partial charge in [0.25, 0.3) is 5.56 Å². The number of hydrazone groups is 1. The van der Waals surface area contributed by atoms with Crippen LogP contribution in [0.1, 0.15) is 99.7 Å². The van der Waals surface area contributed by atoms with Crippen molar-refractivity contribution in [2.75, 3.05) is 57.5 Å². The number of aldehydes is 1. The Morgan fingerprint density at radius 1 is 0.784 bits per heavy atom. The van der Waals surface area contributed by atoms with Gasteiger partial charge in [-0.2, -0.15) is 26.7 Å². The molecule has 0 saturated carbocycles. The molecule has 0 bridgehead atoms. The molecule has 3 heterocycles. The van der Waals surface area contributed by atoms with Crippen molar-refractivity contribution in [2.45, 2.75) is 79.2 Å². The normalized spacial score (nSPS) is 13.7. The number of aryl methyl sites for hydroxylation is 1. The average Bonchev–Trinajstić information content (AvgIpc) is 3.69. The number of benzene rings is 4. The number of aromatic nitrogens is 2. The Kier molecular flexibility index (Phi) is 19.6. The van der Waals surface area contributed by atoms with Crippen molar-refractivity contribution in [3.8, 4) is 22.3 Å². The summed E-state index contributed by atoms with van der Waals surface area (Å²) in [4.78, 5) is 67.0. The summed E-state index contributed by atoms with van der Waals surface area (Å²) >= 11 is 0.0688. The van der Waals surface area contributed by atoms with Crippen LogP contribution >= 0.6 is 11.8 Å². The molecule has 0 radical (unpaired) electrons. The first-order valence-electron chi connectivity index (χ1n) is 25.5. The topological polar surface area (TPSA) is 194 Å². The molecule has 0 spiro atoms. The molecule has 2 aliphatic rings. The van der Waals surface area contributed by atoms with Gasteiger partial charge in [0, 0.05) is 91.4 Å². The van der Waals surface area contributed by atoms with Crippen LogP contribution < -0.4 is 16.0 Å². The molecule has 0 fully saturated rings. The molecular weight excluding hydrogens is 969 g/mol. The second-order valence-electron chi connectivity index (χ2n) is 18.5. The number of rotatable bonds is 23. The molecule has 3 N–H and O–H groups in total. The number of carbonyl (C=O) groups excluding carboxylic acids is 3. The number of nitrogens with zero attached hydrogens (tertiary/aromatic N) is 8. The highest BCUT2D eigenvalue weighted by Gasteiger charge is 2.25. The Labute approximate surface area is 442 Å². The highest BCUT2D eigenvalue weighted by atomic mass is 32.2. The molecule has 388 valence electrons. The molecule has 4 aromatic carbocycles. The van der Waals surface area contributed by atoms with E-state index >= 15 is 0 Å². The zero-order valence-corrected chi connectivity index (χ0v) is 45.1. The van der Waals surface area contributed by atoms with Crippen LogP contribution in [0.4, 0.5) is 11.4 Å². The fourth-order valence-electron chi connectivity index (χ4n) is 9.07. The number of hydrogen-bond acceptors (Lipinski definition) is 13. The minimum Gasteiger partial charge on any atom is -0.593 e. The van der Waals surface area contributed by atoms with E-state index in [4.69, 9.17) is 10.7 Å². The molecule has 1 unspecified atom stereocenters. The first-order valence-corrected chi connectivity index (χ1v) is 28.2. The van der Waals surface area contributed by atoms with Gasteiger partial charge in [-0.25, -0.2) is 14.7 Å². The molecular formula is C57H68N10O5S2. The average molecular weight is 1040 g/mol. The molecule has 2 aliphatic heterocycles. The third-order valence-corrected chi connectivity index (χ3v) is 14.5. The maximum absolute atomic E-state index is 14.1. The Balaban J connectivity index is 1.10. The van der Waals surface area contributed by atoms with Crippen molar-refractivity contribution in [3.63, 3.8) is 0 Å². The van der Waals surface area contributed by atoms with Crippen LogP contribution in [0, 0.1) is 0 Å². The lowest BCUT2D eigenvalue weighted by atomic mass is 9.97. The van der Waals surface area contributed by atoms with E-state index in [1.807, 2.05) is 109 Å². The number of nitrogens with two attached hydrogens (primary N) is 1. The van der Waals surface area contributed by atoms with E-state index in [-0.39, 0.29) is 42.5 Å². The van der Waals surface area contributed by atoms with Crippen LogP contribution in [0.2, 0.25) is 0 Å². The lowest BCUT2D eigenvalue weighted by molar-refractivity contribution is -0.128. The summed E-state index contributed by atoms with van der Waals surface area (Å²) in [6, 6.07) is 22.8. The summed E-state index contributed by atoms with van der Waals surface area (Å²) in [5.41, 5.74) is 14.6. The number of amidine groups is 2. The van der Waals surface area contributed by atoms with E-state index in [0.29, 0.717) is 82.3 Å². The van der Waals surface area contributed by atoms with Crippen molar-refractivity contribution in [1.29, 1.82) is 0 Å². The molecule has 15 nitrogen and oxygen atoms in total. The second kappa shape index (κ2) is 26.4. The highest BCUT2D eigenvalue weighted by Crippen LogP contribution is 2.35. The first-order chi connectivity index (χ1) is 35.9. The van der Waals surface area contributed by atoms with E-state index < -0.39 is 11.4 Å². The standard InChI is InChI=1S/C57H68N10O5S2/c1-7-20-65(21-8-2)55(69)46-30-43-15-12-41(32-51(43)61-53(58)34-46)40-18-19-50-49(29-40)37-60-67(57(50)71)25-27-74(72)63-54-35-47(56(70)66(22-9-3)23-10-4)31-44-16-13-42(33-52(44)62-54)39-14-17-45(38-68)48(28-39)36-59-64(5)24-11-26-73-6/h12-19,28-33,36-38H,7-11,20-27,34-35H2,1-6H3,(H2,58,61)(H,62,63)/b59-36-. The first kappa shape index (κ1) is 54.9. The third kappa shape index (κ3) is 13.9. The van der Waals surface area contributed by atoms with E-state index in [2.05, 4.69) is 40.0 Å². The Morgan fingerprint density at radius 2 is 1.35 bits per heavy atom. The molecule has 0 saturated heterocycles. The number of nitrogens with one attached hydrogen (secondary N) is 1. The van der Waals surface area contributed by atoms with Crippen molar-refractivity contribution >= 4 is 93.4 Å². The van der Waals surface area contributed by atoms with E-state index in [1.54, 1.807) is 36.3 Å². The number of hydrogen-bond donors (Lipinski definition) is 2. The predicted molar refractivity (Wildman–Crippen MR) is 306 cm³/mol. The highest BCUT2D eigenvalue weighted by molar-refractivity contribution is 7.98. The van der Waals surface area contributed by atoms with Gasteiger partial charge in [0.05, 0.1) is 47.1 Å². The summed E-state index contributed by atoms with van der Waals surface area (Å²) in [6.07, 6.45) is 14.7. The molecule has 74 heavy (non-hydrogen) atoms. The smallest absolute Gasteiger partial charge is 0.274 e. The van der Waals surface area contributed by atoms with E-state index in [1.165, 1.54) is 4.68 Å². The van der Waals surface area contributed by atoms with Crippen LogP contribution in [0.3, 0.4) is 0 Å². The van der Waals surface area contributed by atoms with Crippen molar-refractivity contribution in [3.05, 3.63) is 123 Å². The fourth-order valence-corrected chi connectivity index (χ4v) is 10.3. The van der Waals surface area contributed by atoms with Gasteiger partial charge in [0.15, 0.2) is 17.9 Å². The monoisotopic (exact) mass is 1040 g/mol. The number of fused-ring (bicyclic) bond motifs is 3. The van der Waals surface area contributed by atoms with Crippen molar-refractivity contribution in [2.24, 2.45) is 20.8 Å². The van der Waals surface area contributed by atoms with Crippen molar-refractivity contribution in [1.82, 2.24) is 29.3 Å². The third-order valence-electron chi connectivity index (χ3n) is 12.7. The number of amides is 2. The summed E-state index contributed by atoms with van der Waals surface area (Å²) in [6.45, 7) is 11.6. The molecule has 1 atom stereocenters. The van der Waals surface area contributed by atoms with Gasteiger partial charge in [-0.05, 0) is 109 Å². The van der Waals surface area contributed by atoms with Gasteiger partial charge in [0.2, 0.25) is 11.8 Å². The number of thioether (sulfide) groups is 1. The number of aliphatic imine (C=N–C) groups is 2. The molecule has 17 heteroatoms. The van der Waals surface area contributed by atoms with Crippen LogP contribution in [0.15, 0.2) is 110 Å². The van der Waals surface area contributed by atoms with E-state index in [9.17, 15) is 23.7 Å². The zero-order valence-electron chi connectivity index (χ0n) is 43.4. The summed E-state index contributed by atoms with van der Waals surface area (Å²) in [7, 11) is 1.91. The largest absolute Gasteiger partial charge is 0.593 e. The van der Waals surface area contributed by atoms with Gasteiger partial charge in [-0.3, -0.25) is 19.2 Å². The van der Waals surface area contributed by atoms with Gasteiger partial charge in [0.1, 0.15) is 5.84 Å². The fraction of sp³-hybridized carbons (Fsp3) is 0.368. The second-order valence-corrected chi connectivity index (χ2v) is 20.8. The van der Waals surface area contributed by atoms with E-state index in [0.717, 1.165) is 84.1 Å². The molecule has 5 aromatic rings. The number of carbonyl (C=O) groups is 3. The van der Waals surface area contributed by atoms with Crippen LogP contribution in [-0.4, -0.2) is 123 Å². The summed E-state index contributed by atoms with van der Waals surface area (Å²) < 4.78 is 18.3. The van der Waals surface area contributed by atoms with Crippen LogP contribution in [0.25, 0.3) is 45.2 Å². The Hall–Kier alpha value is -6.82. The molecule has 7 rings (SSSR count). The Morgan fingerprint density at radius 3 is 1.96 bits per heavy atom. The summed E-state index contributed by atoms with van der Waals surface area (Å²) in [5.74, 6) is 1.66. The minimum absolute atomic E-state index is 0.0206. The maximum atomic E-state index is 14.1. The zero-order chi connectivity index (χ0) is 52.7. The van der Waals surface area contributed by atoms with Gasteiger partial charge < -0.3 is 25.1 Å². The molecule has 0 aliphatic carbocycles. The van der Waals surface area contributed by atoms with Crippen LogP contribution in [-0.2, 0) is 27.5 Å². The quantitative estimate of drug-likeness (QED) is 0.0209. The van der Waals surface area contributed by atoms with Gasteiger partial charge in [-0.1, -0.05) is 70.2 Å². The molecule has 2 amide bonds. The summed E-state index contributed by atoms with van der Waals surface area (Å²) in [5, 5.41) is 12.0. The van der Waals surface area contributed by atoms with Gasteiger partial charge in [-0.15, -0.1) is 0 Å². The molecule has 1 aromatic heterocycles. The predicted octanol–water partition coefficient (Wildman–Crippen LogP) is 9.41. The SMILES string of the molecule is CCCN(CCC)C(=O)C1=Cc2ccc(-c3ccc4c(=O)n(CC[S+]([O-])NC5=Nc6cc(-c7ccc(C=O)c(/C=N\N(C)CCCSC)c7)ccc6C=C(C(=O)N(CCC)CCC)C5)ncc4c3)cc2N=C(N)C1. The minimum atomic E-state index is -1.72.